The van der Waals surface area contributed by atoms with Crippen LogP contribution in [0.25, 0.3) is 0 Å². The Morgan fingerprint density at radius 1 is 1.36 bits per heavy atom. The van der Waals surface area contributed by atoms with Crippen molar-refractivity contribution in [2.24, 2.45) is 5.92 Å². The molecule has 1 N–H and O–H groups in total. The molecule has 5 nitrogen and oxygen atoms in total. The Kier molecular flexibility index (Phi) is 6.43. The van der Waals surface area contributed by atoms with Gasteiger partial charge in [-0.1, -0.05) is 6.92 Å². The van der Waals surface area contributed by atoms with Crippen LogP contribution in [0, 0.1) is 11.7 Å². The lowest BCUT2D eigenvalue weighted by molar-refractivity contribution is -0.154. The van der Waals surface area contributed by atoms with Crippen LogP contribution in [0.1, 0.15) is 39.5 Å². The summed E-state index contributed by atoms with van der Waals surface area (Å²) in [7, 11) is 1.32. The maximum Gasteiger partial charge on any atom is 0.331 e. The van der Waals surface area contributed by atoms with Crippen LogP contribution in [-0.2, 0) is 14.3 Å². The quantitative estimate of drug-likeness (QED) is 0.746. The molecular weight excluding hydrogens is 393 g/mol. The zero-order chi connectivity index (χ0) is 18.6. The molecule has 0 heterocycles. The molecule has 0 radical (unpaired) electrons. The molecule has 1 atom stereocenters. The van der Waals surface area contributed by atoms with Gasteiger partial charge in [-0.25, -0.2) is 9.18 Å². The summed E-state index contributed by atoms with van der Waals surface area (Å²) in [6.45, 7) is 3.71. The van der Waals surface area contributed by atoms with E-state index in [2.05, 4.69) is 28.2 Å². The Balaban J connectivity index is 2.08. The molecular formula is C18H23BrFNO4. The molecule has 1 aromatic rings. The van der Waals surface area contributed by atoms with E-state index in [4.69, 9.17) is 9.47 Å². The molecule has 2 rings (SSSR count). The number of benzene rings is 1. The van der Waals surface area contributed by atoms with Crippen LogP contribution in [0.15, 0.2) is 22.7 Å². The van der Waals surface area contributed by atoms with E-state index >= 15 is 0 Å². The van der Waals surface area contributed by atoms with Crippen LogP contribution >= 0.6 is 15.9 Å². The zero-order valence-electron chi connectivity index (χ0n) is 14.6. The van der Waals surface area contributed by atoms with E-state index < -0.39 is 29.3 Å². The van der Waals surface area contributed by atoms with E-state index in [1.807, 2.05) is 0 Å². The van der Waals surface area contributed by atoms with Gasteiger partial charge in [0.2, 0.25) is 0 Å². The molecule has 0 spiro atoms. The minimum Gasteiger partial charge on any atom is -0.480 e. The van der Waals surface area contributed by atoms with E-state index in [1.54, 1.807) is 6.92 Å². The Hall–Kier alpha value is -1.63. The van der Waals surface area contributed by atoms with Crippen LogP contribution < -0.4 is 10.1 Å². The van der Waals surface area contributed by atoms with Gasteiger partial charge in [0.15, 0.2) is 6.10 Å². The summed E-state index contributed by atoms with van der Waals surface area (Å²) < 4.78 is 24.1. The summed E-state index contributed by atoms with van der Waals surface area (Å²) in [4.78, 5) is 24.8. The van der Waals surface area contributed by atoms with E-state index in [1.165, 1.54) is 25.3 Å². The zero-order valence-corrected chi connectivity index (χ0v) is 16.2. The first kappa shape index (κ1) is 19.7. The first-order valence-electron chi connectivity index (χ1n) is 8.29. The van der Waals surface area contributed by atoms with Crippen LogP contribution in [0.2, 0.25) is 0 Å². The highest BCUT2D eigenvalue weighted by molar-refractivity contribution is 9.10. The highest BCUT2D eigenvalue weighted by atomic mass is 79.9. The normalized spacial score (nSPS) is 24.3. The smallest absolute Gasteiger partial charge is 0.331 e. The van der Waals surface area contributed by atoms with E-state index in [9.17, 15) is 14.0 Å². The number of rotatable bonds is 5. The van der Waals surface area contributed by atoms with Gasteiger partial charge in [-0.2, -0.15) is 0 Å². The Morgan fingerprint density at radius 3 is 2.56 bits per heavy atom. The van der Waals surface area contributed by atoms with Crippen molar-refractivity contribution in [2.75, 3.05) is 7.11 Å². The van der Waals surface area contributed by atoms with Crippen LogP contribution in [0.3, 0.4) is 0 Å². The average molecular weight is 416 g/mol. The highest BCUT2D eigenvalue weighted by Crippen LogP contribution is 2.33. The summed E-state index contributed by atoms with van der Waals surface area (Å²) in [5.74, 6) is -0.372. The van der Waals surface area contributed by atoms with Crippen LogP contribution in [0.4, 0.5) is 4.39 Å². The summed E-state index contributed by atoms with van der Waals surface area (Å²) in [6.07, 6.45) is 1.92. The largest absolute Gasteiger partial charge is 0.480 e. The van der Waals surface area contributed by atoms with Gasteiger partial charge in [0.25, 0.3) is 5.91 Å². The predicted molar refractivity (Wildman–Crippen MR) is 94.7 cm³/mol. The van der Waals surface area contributed by atoms with Gasteiger partial charge in [-0.3, -0.25) is 4.79 Å². The second kappa shape index (κ2) is 8.17. The maximum absolute atomic E-state index is 13.1. The van der Waals surface area contributed by atoms with Crippen molar-refractivity contribution in [3.8, 4) is 5.75 Å². The molecule has 1 aliphatic carbocycles. The summed E-state index contributed by atoms with van der Waals surface area (Å²) >= 11 is 3.20. The van der Waals surface area contributed by atoms with E-state index in [-0.39, 0.29) is 0 Å². The van der Waals surface area contributed by atoms with Crippen molar-refractivity contribution < 1.29 is 23.5 Å². The SMILES string of the molecule is COC(=O)C1(NC(=O)C(C)Oc2ccc(F)cc2Br)CCC(C)CC1. The van der Waals surface area contributed by atoms with Gasteiger partial charge in [0.05, 0.1) is 11.6 Å². The highest BCUT2D eigenvalue weighted by Gasteiger charge is 2.44. The molecule has 0 aliphatic heterocycles. The third-order valence-corrected chi connectivity index (χ3v) is 5.25. The van der Waals surface area contributed by atoms with Gasteiger partial charge in [-0.05, 0) is 72.7 Å². The molecule has 1 aliphatic rings. The standard InChI is InChI=1S/C18H23BrFNO4/c1-11-6-8-18(9-7-11,17(23)24-3)21-16(22)12(2)25-15-5-4-13(20)10-14(15)19/h4-5,10-12H,6-9H2,1-3H3,(H,21,22). The Bertz CT molecular complexity index is 644. The molecule has 0 aromatic heterocycles. The fraction of sp³-hybridized carbons (Fsp3) is 0.556. The molecule has 1 aromatic carbocycles. The third kappa shape index (κ3) is 4.71. The summed E-state index contributed by atoms with van der Waals surface area (Å²) in [6, 6.07) is 3.96. The topological polar surface area (TPSA) is 64.6 Å². The van der Waals surface area contributed by atoms with Crippen LogP contribution in [0.5, 0.6) is 5.75 Å². The second-order valence-electron chi connectivity index (χ2n) is 6.58. The van der Waals surface area contributed by atoms with Gasteiger partial charge >= 0.3 is 5.97 Å². The molecule has 1 saturated carbocycles. The van der Waals surface area contributed by atoms with Crippen molar-refractivity contribution in [2.45, 2.75) is 51.2 Å². The van der Waals surface area contributed by atoms with Gasteiger partial charge in [-0.15, -0.1) is 0 Å². The third-order valence-electron chi connectivity index (χ3n) is 4.63. The van der Waals surface area contributed by atoms with E-state index in [0.29, 0.717) is 29.0 Å². The first-order chi connectivity index (χ1) is 11.8. The Labute approximate surface area is 155 Å². The Morgan fingerprint density at radius 2 is 2.00 bits per heavy atom. The lowest BCUT2D eigenvalue weighted by Crippen LogP contribution is -2.59. The molecule has 25 heavy (non-hydrogen) atoms. The summed E-state index contributed by atoms with van der Waals surface area (Å²) in [5, 5.41) is 2.83. The first-order valence-corrected chi connectivity index (χ1v) is 9.09. The maximum atomic E-state index is 13.1. The van der Waals surface area contributed by atoms with Crippen molar-refractivity contribution in [1.29, 1.82) is 0 Å². The molecule has 0 bridgehead atoms. The minimum atomic E-state index is -1.00. The number of carbonyl (C=O) groups is 2. The van der Waals surface area contributed by atoms with Crippen molar-refractivity contribution in [1.82, 2.24) is 5.32 Å². The number of halogens is 2. The monoisotopic (exact) mass is 415 g/mol. The number of esters is 1. The average Bonchev–Trinajstić information content (AvgIpc) is 2.58. The molecule has 1 amide bonds. The molecule has 1 fully saturated rings. The number of methoxy groups -OCH3 is 1. The number of hydrogen-bond acceptors (Lipinski definition) is 4. The summed E-state index contributed by atoms with van der Waals surface area (Å²) in [5.41, 5.74) is -1.00. The molecule has 7 heteroatoms. The fourth-order valence-electron chi connectivity index (χ4n) is 2.98. The number of carbonyl (C=O) groups excluding carboxylic acids is 2. The van der Waals surface area contributed by atoms with Gasteiger partial charge in [0, 0.05) is 0 Å². The fourth-order valence-corrected chi connectivity index (χ4v) is 3.43. The number of ether oxygens (including phenoxy) is 2. The second-order valence-corrected chi connectivity index (χ2v) is 7.43. The van der Waals surface area contributed by atoms with Gasteiger partial charge in [0.1, 0.15) is 17.1 Å². The lowest BCUT2D eigenvalue weighted by Gasteiger charge is -2.38. The molecule has 0 saturated heterocycles. The predicted octanol–water partition coefficient (Wildman–Crippen LogP) is 3.59. The number of amides is 1. The number of hydrogen-bond donors (Lipinski definition) is 1. The van der Waals surface area contributed by atoms with Gasteiger partial charge < -0.3 is 14.8 Å². The van der Waals surface area contributed by atoms with Crippen molar-refractivity contribution in [3.63, 3.8) is 0 Å². The molecule has 138 valence electrons. The minimum absolute atomic E-state index is 0.355. The van der Waals surface area contributed by atoms with Crippen molar-refractivity contribution in [3.05, 3.63) is 28.5 Å². The molecule has 1 unspecified atom stereocenters. The lowest BCUT2D eigenvalue weighted by atomic mass is 9.77. The van der Waals surface area contributed by atoms with Crippen molar-refractivity contribution >= 4 is 27.8 Å². The van der Waals surface area contributed by atoms with Crippen LogP contribution in [-0.4, -0.2) is 30.6 Å². The number of nitrogens with one attached hydrogen (secondary N) is 1. The van der Waals surface area contributed by atoms with E-state index in [0.717, 1.165) is 12.8 Å².